The predicted molar refractivity (Wildman–Crippen MR) is 125 cm³/mol. The van der Waals surface area contributed by atoms with Gasteiger partial charge in [-0.15, -0.1) is 11.3 Å². The van der Waals surface area contributed by atoms with E-state index in [9.17, 15) is 4.79 Å². The summed E-state index contributed by atoms with van der Waals surface area (Å²) in [4.78, 5) is 18.7. The van der Waals surface area contributed by atoms with E-state index in [1.807, 2.05) is 18.2 Å². The second kappa shape index (κ2) is 11.5. The number of thiophene rings is 1. The van der Waals surface area contributed by atoms with Crippen LogP contribution in [0.2, 0.25) is 10.0 Å². The van der Waals surface area contributed by atoms with Crippen molar-refractivity contribution in [1.82, 2.24) is 4.98 Å². The molecule has 0 aliphatic rings. The summed E-state index contributed by atoms with van der Waals surface area (Å²) in [5.41, 5.74) is 1.35. The number of benzene rings is 1. The molecule has 0 aliphatic heterocycles. The molecule has 0 spiro atoms. The Kier molecular flexibility index (Phi) is 8.75. The summed E-state index contributed by atoms with van der Waals surface area (Å²) in [5.74, 6) is 0.699. The van der Waals surface area contributed by atoms with Gasteiger partial charge in [0.15, 0.2) is 11.5 Å². The van der Waals surface area contributed by atoms with Crippen LogP contribution in [0.4, 0.5) is 0 Å². The van der Waals surface area contributed by atoms with Crippen molar-refractivity contribution in [3.63, 3.8) is 0 Å². The fraction of sp³-hybridized carbons (Fsp3) is 0.304. The van der Waals surface area contributed by atoms with Crippen LogP contribution < -0.4 is 9.47 Å². The molecule has 170 valence electrons. The van der Waals surface area contributed by atoms with E-state index in [-0.39, 0.29) is 25.4 Å². The van der Waals surface area contributed by atoms with Crippen LogP contribution in [0.15, 0.2) is 42.7 Å². The van der Waals surface area contributed by atoms with E-state index >= 15 is 0 Å². The van der Waals surface area contributed by atoms with Crippen LogP contribution in [0.25, 0.3) is 0 Å². The molecule has 2 heterocycles. The molecule has 0 saturated carbocycles. The Morgan fingerprint density at radius 3 is 2.41 bits per heavy atom. The number of aliphatic hydroxyl groups is 1. The van der Waals surface area contributed by atoms with Crippen LogP contribution in [0.1, 0.15) is 27.0 Å². The molecule has 0 fully saturated rings. The fourth-order valence-corrected chi connectivity index (χ4v) is 4.71. The smallest absolute Gasteiger partial charge is 0.311 e. The first-order valence-electron chi connectivity index (χ1n) is 9.82. The van der Waals surface area contributed by atoms with Crippen molar-refractivity contribution in [2.45, 2.75) is 25.4 Å². The third-order valence-corrected chi connectivity index (χ3v) is 6.59. The molecule has 0 bridgehead atoms. The molecule has 1 aromatic carbocycles. The van der Waals surface area contributed by atoms with Crippen molar-refractivity contribution in [2.75, 3.05) is 20.8 Å². The lowest BCUT2D eigenvalue weighted by atomic mass is 10.0. The molecule has 0 amide bonds. The Morgan fingerprint density at radius 2 is 1.75 bits per heavy atom. The van der Waals surface area contributed by atoms with Crippen molar-refractivity contribution >= 4 is 40.5 Å². The van der Waals surface area contributed by atoms with Crippen LogP contribution in [-0.4, -0.2) is 36.9 Å². The number of rotatable bonds is 10. The Bertz CT molecular complexity index is 1050. The standard InChI is InChI=1S/C23H23Cl2NO5S/c1-29-20-6-3-14(9-22(20)30-2)21(11-17-18(24)12-26-13-19(17)25)31-23(28)10-16-5-4-15(32-16)7-8-27/h3-6,9,12-13,21,27H,7-8,10-11H2,1-2H3/t21-/m0/s1. The largest absolute Gasteiger partial charge is 0.493 e. The lowest BCUT2D eigenvalue weighted by Crippen LogP contribution is -2.16. The SMILES string of the molecule is COc1ccc([C@H](Cc2c(Cl)cncc2Cl)OC(=O)Cc2ccc(CCO)s2)cc1OC. The van der Waals surface area contributed by atoms with Gasteiger partial charge in [0.25, 0.3) is 0 Å². The fourth-order valence-electron chi connectivity index (χ4n) is 3.20. The summed E-state index contributed by atoms with van der Waals surface area (Å²) in [5, 5.41) is 9.88. The number of carbonyl (C=O) groups is 1. The van der Waals surface area contributed by atoms with E-state index in [0.29, 0.717) is 39.1 Å². The summed E-state index contributed by atoms with van der Waals surface area (Å²) in [6.07, 6.45) is 3.30. The highest BCUT2D eigenvalue weighted by Crippen LogP contribution is 2.35. The number of hydrogen-bond donors (Lipinski definition) is 1. The molecule has 6 nitrogen and oxygen atoms in total. The molecule has 0 aliphatic carbocycles. The lowest BCUT2D eigenvalue weighted by molar-refractivity contribution is -0.148. The average Bonchev–Trinajstić information content (AvgIpc) is 3.22. The minimum atomic E-state index is -0.656. The van der Waals surface area contributed by atoms with Crippen molar-refractivity contribution in [3.05, 3.63) is 73.7 Å². The quantitative estimate of drug-likeness (QED) is 0.395. The van der Waals surface area contributed by atoms with Crippen LogP contribution >= 0.6 is 34.5 Å². The van der Waals surface area contributed by atoms with Crippen molar-refractivity contribution in [3.8, 4) is 11.5 Å². The van der Waals surface area contributed by atoms with Gasteiger partial charge in [-0.3, -0.25) is 9.78 Å². The summed E-state index contributed by atoms with van der Waals surface area (Å²) < 4.78 is 16.6. The first-order valence-corrected chi connectivity index (χ1v) is 11.4. The maximum atomic E-state index is 12.8. The number of aromatic nitrogens is 1. The monoisotopic (exact) mass is 495 g/mol. The number of carbonyl (C=O) groups excluding carboxylic acids is 1. The van der Waals surface area contributed by atoms with Gasteiger partial charge in [0.05, 0.1) is 30.7 Å². The molecular formula is C23H23Cl2NO5S. The number of aliphatic hydroxyl groups excluding tert-OH is 1. The molecule has 2 aromatic heterocycles. The molecule has 32 heavy (non-hydrogen) atoms. The number of pyridine rings is 1. The molecule has 1 atom stereocenters. The number of esters is 1. The van der Waals surface area contributed by atoms with E-state index in [4.69, 9.17) is 42.5 Å². The van der Waals surface area contributed by atoms with Crippen LogP contribution in [0.3, 0.4) is 0 Å². The first-order chi connectivity index (χ1) is 15.4. The number of methoxy groups -OCH3 is 2. The highest BCUT2D eigenvalue weighted by atomic mass is 35.5. The van der Waals surface area contributed by atoms with Gasteiger partial charge in [0.2, 0.25) is 0 Å². The Labute approximate surface area is 200 Å². The van der Waals surface area contributed by atoms with E-state index in [2.05, 4.69) is 4.98 Å². The van der Waals surface area contributed by atoms with E-state index in [1.165, 1.54) is 23.7 Å². The van der Waals surface area contributed by atoms with Crippen molar-refractivity contribution in [1.29, 1.82) is 0 Å². The maximum absolute atomic E-state index is 12.8. The van der Waals surface area contributed by atoms with Crippen molar-refractivity contribution in [2.24, 2.45) is 0 Å². The second-order valence-electron chi connectivity index (χ2n) is 6.90. The van der Waals surface area contributed by atoms with Gasteiger partial charge in [-0.25, -0.2) is 0 Å². The Hall–Kier alpha value is -2.32. The normalized spacial score (nSPS) is 11.8. The minimum absolute atomic E-state index is 0.0687. The Morgan fingerprint density at radius 1 is 1.06 bits per heavy atom. The van der Waals surface area contributed by atoms with Crippen LogP contribution in [-0.2, 0) is 28.8 Å². The molecule has 3 rings (SSSR count). The van der Waals surface area contributed by atoms with Crippen LogP contribution in [0, 0.1) is 0 Å². The zero-order valence-corrected chi connectivity index (χ0v) is 20.0. The van der Waals surface area contributed by atoms with Gasteiger partial charge in [-0.05, 0) is 35.4 Å². The highest BCUT2D eigenvalue weighted by Gasteiger charge is 2.23. The number of nitrogens with zero attached hydrogens (tertiary/aromatic N) is 1. The van der Waals surface area contributed by atoms with E-state index in [1.54, 1.807) is 26.4 Å². The summed E-state index contributed by atoms with van der Waals surface area (Å²) >= 11 is 14.1. The maximum Gasteiger partial charge on any atom is 0.311 e. The van der Waals surface area contributed by atoms with Gasteiger partial charge in [0.1, 0.15) is 6.10 Å². The third-order valence-electron chi connectivity index (χ3n) is 4.79. The zero-order chi connectivity index (χ0) is 23.1. The number of halogens is 2. The predicted octanol–water partition coefficient (Wildman–Crippen LogP) is 5.07. The minimum Gasteiger partial charge on any atom is -0.493 e. The van der Waals surface area contributed by atoms with Gasteiger partial charge in [-0.1, -0.05) is 29.3 Å². The first kappa shape index (κ1) is 24.3. The molecule has 9 heteroatoms. The Balaban J connectivity index is 1.86. The van der Waals surface area contributed by atoms with Crippen molar-refractivity contribution < 1.29 is 24.1 Å². The number of hydrogen-bond acceptors (Lipinski definition) is 7. The third kappa shape index (κ3) is 6.13. The topological polar surface area (TPSA) is 77.9 Å². The van der Waals surface area contributed by atoms with E-state index < -0.39 is 6.10 Å². The summed E-state index contributed by atoms with van der Waals surface area (Å²) in [7, 11) is 3.09. The molecule has 0 unspecified atom stereocenters. The highest BCUT2D eigenvalue weighted by molar-refractivity contribution is 7.12. The van der Waals surface area contributed by atoms with Gasteiger partial charge in [0, 0.05) is 41.6 Å². The second-order valence-corrected chi connectivity index (χ2v) is 8.96. The lowest BCUT2D eigenvalue weighted by Gasteiger charge is -2.21. The summed E-state index contributed by atoms with van der Waals surface area (Å²) in [6.45, 7) is 0.0687. The van der Waals surface area contributed by atoms with Crippen LogP contribution in [0.5, 0.6) is 11.5 Å². The molecule has 0 saturated heterocycles. The summed E-state index contributed by atoms with van der Waals surface area (Å²) in [6, 6.07) is 9.12. The average molecular weight is 496 g/mol. The number of ether oxygens (including phenoxy) is 3. The zero-order valence-electron chi connectivity index (χ0n) is 17.6. The van der Waals surface area contributed by atoms with E-state index in [0.717, 1.165) is 9.75 Å². The van der Waals surface area contributed by atoms with Gasteiger partial charge >= 0.3 is 5.97 Å². The molecule has 3 aromatic rings. The molecule has 0 radical (unpaired) electrons. The molecule has 1 N–H and O–H groups in total. The van der Waals surface area contributed by atoms with Gasteiger partial charge < -0.3 is 19.3 Å². The van der Waals surface area contributed by atoms with Gasteiger partial charge in [-0.2, -0.15) is 0 Å². The molecular weight excluding hydrogens is 473 g/mol.